The highest BCUT2D eigenvalue weighted by Gasteiger charge is 2.30. The molecule has 0 saturated carbocycles. The van der Waals surface area contributed by atoms with Gasteiger partial charge in [0.1, 0.15) is 0 Å². The van der Waals surface area contributed by atoms with Gasteiger partial charge in [0.25, 0.3) is 0 Å². The molecule has 5 rings (SSSR count). The lowest BCUT2D eigenvalue weighted by Crippen LogP contribution is -2.47. The number of carbonyl (C=O) groups is 1. The monoisotopic (exact) mass is 509 g/mol. The van der Waals surface area contributed by atoms with Gasteiger partial charge in [0.2, 0.25) is 0 Å². The van der Waals surface area contributed by atoms with Gasteiger partial charge >= 0.3 is 5.97 Å². The maximum atomic E-state index is 11.2. The molecule has 7 heteroatoms. The van der Waals surface area contributed by atoms with Gasteiger partial charge in [0, 0.05) is 62.9 Å². The van der Waals surface area contributed by atoms with E-state index in [4.69, 9.17) is 9.84 Å². The van der Waals surface area contributed by atoms with Crippen LogP contribution >= 0.6 is 11.3 Å². The van der Waals surface area contributed by atoms with Gasteiger partial charge in [-0.2, -0.15) is 0 Å². The summed E-state index contributed by atoms with van der Waals surface area (Å²) in [6.45, 7) is 14.7. The average Bonchev–Trinajstić information content (AvgIpc) is 3.34. The van der Waals surface area contributed by atoms with Crippen LogP contribution in [0.4, 0.5) is 5.69 Å². The van der Waals surface area contributed by atoms with Crippen LogP contribution in [0.2, 0.25) is 0 Å². The van der Waals surface area contributed by atoms with Crippen LogP contribution in [0.25, 0.3) is 5.57 Å². The van der Waals surface area contributed by atoms with E-state index in [0.29, 0.717) is 11.0 Å². The molecular weight excluding hydrogens is 470 g/mol. The van der Waals surface area contributed by atoms with E-state index < -0.39 is 5.97 Å². The highest BCUT2D eigenvalue weighted by atomic mass is 32.1. The summed E-state index contributed by atoms with van der Waals surface area (Å²) < 4.78 is 5.52. The minimum atomic E-state index is -0.870. The Kier molecular flexibility index (Phi) is 7.82. The largest absolute Gasteiger partial charge is 0.478 e. The fourth-order valence-corrected chi connectivity index (χ4v) is 6.65. The average molecular weight is 510 g/mol. The highest BCUT2D eigenvalue weighted by Crippen LogP contribution is 2.44. The molecule has 0 unspecified atom stereocenters. The number of rotatable bonds is 7. The SMILES string of the molecule is CC1(C)CCC(CN2CCN(c3ccc(C(=O)O)cc3)CC2)=C(c2cc(CN3CCOCC3)cs2)C1. The molecule has 194 valence electrons. The minimum Gasteiger partial charge on any atom is -0.478 e. The van der Waals surface area contributed by atoms with Crippen LogP contribution in [0.3, 0.4) is 0 Å². The van der Waals surface area contributed by atoms with Crippen molar-refractivity contribution in [3.63, 3.8) is 0 Å². The molecule has 0 radical (unpaired) electrons. The quantitative estimate of drug-likeness (QED) is 0.563. The van der Waals surface area contributed by atoms with Crippen LogP contribution in [0, 0.1) is 5.41 Å². The molecular formula is C29H39N3O3S. The summed E-state index contributed by atoms with van der Waals surface area (Å²) in [7, 11) is 0. The van der Waals surface area contributed by atoms with Crippen LogP contribution in [-0.4, -0.2) is 79.9 Å². The number of aromatic carboxylic acids is 1. The lowest BCUT2D eigenvalue weighted by molar-refractivity contribution is 0.0342. The summed E-state index contributed by atoms with van der Waals surface area (Å²) in [6, 6.07) is 9.75. The Balaban J connectivity index is 1.24. The van der Waals surface area contributed by atoms with E-state index >= 15 is 0 Å². The number of hydrogen-bond acceptors (Lipinski definition) is 6. The van der Waals surface area contributed by atoms with Gasteiger partial charge in [-0.1, -0.05) is 19.4 Å². The predicted molar refractivity (Wildman–Crippen MR) is 147 cm³/mol. The van der Waals surface area contributed by atoms with Crippen molar-refractivity contribution in [1.29, 1.82) is 0 Å². The van der Waals surface area contributed by atoms with Gasteiger partial charge in [-0.3, -0.25) is 9.80 Å². The second-order valence-electron chi connectivity index (χ2n) is 11.2. The Hall–Kier alpha value is -2.19. The third-order valence-electron chi connectivity index (χ3n) is 7.91. The number of benzene rings is 1. The molecule has 0 atom stereocenters. The zero-order chi connectivity index (χ0) is 25.1. The van der Waals surface area contributed by atoms with Gasteiger partial charge < -0.3 is 14.7 Å². The Labute approximate surface area is 219 Å². The molecule has 36 heavy (non-hydrogen) atoms. The summed E-state index contributed by atoms with van der Waals surface area (Å²) >= 11 is 1.93. The second kappa shape index (κ2) is 11.1. The van der Waals surface area contributed by atoms with E-state index in [-0.39, 0.29) is 0 Å². The fourth-order valence-electron chi connectivity index (χ4n) is 5.65. The number of morpholine rings is 1. The standard InChI is InChI=1S/C29H39N3O3S/c1-29(2)8-7-24(26(18-29)27-17-22(21-36-27)19-31-13-15-35-16-14-31)20-30-9-11-32(12-10-30)25-5-3-23(4-6-25)28(33)34/h3-6,17,21H,7-16,18-20H2,1-2H3,(H,33,34). The molecule has 1 aromatic carbocycles. The molecule has 1 N–H and O–H groups in total. The van der Waals surface area contributed by atoms with E-state index in [9.17, 15) is 4.79 Å². The first-order valence-corrected chi connectivity index (χ1v) is 14.1. The molecule has 3 heterocycles. The van der Waals surface area contributed by atoms with Crippen molar-refractivity contribution in [3.8, 4) is 0 Å². The van der Waals surface area contributed by atoms with Crippen molar-refractivity contribution in [2.24, 2.45) is 5.41 Å². The maximum absolute atomic E-state index is 11.2. The van der Waals surface area contributed by atoms with Gasteiger partial charge in [-0.25, -0.2) is 4.79 Å². The molecule has 0 bridgehead atoms. The summed E-state index contributed by atoms with van der Waals surface area (Å²) in [5.41, 5.74) is 6.48. The molecule has 0 amide bonds. The van der Waals surface area contributed by atoms with Crippen LogP contribution in [0.15, 0.2) is 41.3 Å². The van der Waals surface area contributed by atoms with Crippen LogP contribution < -0.4 is 4.90 Å². The Morgan fingerprint density at radius 3 is 2.39 bits per heavy atom. The number of carboxylic acids is 1. The Morgan fingerprint density at radius 1 is 1.00 bits per heavy atom. The van der Waals surface area contributed by atoms with Crippen molar-refractivity contribution >= 4 is 28.6 Å². The van der Waals surface area contributed by atoms with Crippen LogP contribution in [-0.2, 0) is 11.3 Å². The van der Waals surface area contributed by atoms with Crippen LogP contribution in [0.1, 0.15) is 53.9 Å². The van der Waals surface area contributed by atoms with Gasteiger partial charge in [0.05, 0.1) is 18.8 Å². The first-order chi connectivity index (χ1) is 17.4. The van der Waals surface area contributed by atoms with E-state index in [1.165, 1.54) is 23.3 Å². The maximum Gasteiger partial charge on any atom is 0.335 e. The molecule has 1 aromatic heterocycles. The molecule has 2 fully saturated rings. The number of allylic oxidation sites excluding steroid dienone is 1. The van der Waals surface area contributed by atoms with Crippen molar-refractivity contribution in [2.45, 2.75) is 39.7 Å². The third kappa shape index (κ3) is 6.20. The van der Waals surface area contributed by atoms with Crippen molar-refractivity contribution < 1.29 is 14.6 Å². The number of carboxylic acid groups (broad SMARTS) is 1. The lowest BCUT2D eigenvalue weighted by Gasteiger charge is -2.39. The third-order valence-corrected chi connectivity index (χ3v) is 8.95. The van der Waals surface area contributed by atoms with Crippen molar-refractivity contribution in [1.82, 2.24) is 9.80 Å². The van der Waals surface area contributed by atoms with Crippen LogP contribution in [0.5, 0.6) is 0 Å². The van der Waals surface area contributed by atoms with Gasteiger partial charge in [0.15, 0.2) is 0 Å². The first-order valence-electron chi connectivity index (χ1n) is 13.3. The highest BCUT2D eigenvalue weighted by molar-refractivity contribution is 7.11. The van der Waals surface area contributed by atoms with E-state index in [1.807, 2.05) is 23.5 Å². The fraction of sp³-hybridized carbons (Fsp3) is 0.552. The zero-order valence-corrected chi connectivity index (χ0v) is 22.5. The van der Waals surface area contributed by atoms with E-state index in [2.05, 4.69) is 40.0 Å². The summed E-state index contributed by atoms with van der Waals surface area (Å²) in [5, 5.41) is 11.5. The number of anilines is 1. The molecule has 6 nitrogen and oxygen atoms in total. The normalized spacial score (nSPS) is 21.7. The number of nitrogens with zero attached hydrogens (tertiary/aromatic N) is 3. The van der Waals surface area contributed by atoms with Crippen molar-refractivity contribution in [2.75, 3.05) is 63.9 Å². The predicted octanol–water partition coefficient (Wildman–Crippen LogP) is 5.06. The number of hydrogen-bond donors (Lipinski definition) is 1. The smallest absolute Gasteiger partial charge is 0.335 e. The lowest BCUT2D eigenvalue weighted by atomic mass is 9.73. The molecule has 2 aromatic rings. The minimum absolute atomic E-state index is 0.346. The summed E-state index contributed by atoms with van der Waals surface area (Å²) in [4.78, 5) is 20.1. The molecule has 1 aliphatic carbocycles. The van der Waals surface area contributed by atoms with E-state index in [1.54, 1.807) is 23.3 Å². The Morgan fingerprint density at radius 2 is 1.69 bits per heavy atom. The van der Waals surface area contributed by atoms with Gasteiger partial charge in [-0.15, -0.1) is 11.3 Å². The second-order valence-corrected chi connectivity index (χ2v) is 12.2. The molecule has 2 aliphatic heterocycles. The molecule has 3 aliphatic rings. The topological polar surface area (TPSA) is 56.2 Å². The Bertz CT molecular complexity index is 1080. The van der Waals surface area contributed by atoms with E-state index in [0.717, 1.165) is 77.7 Å². The zero-order valence-electron chi connectivity index (χ0n) is 21.7. The summed E-state index contributed by atoms with van der Waals surface area (Å²) in [6.07, 6.45) is 3.61. The number of piperazine rings is 1. The van der Waals surface area contributed by atoms with Gasteiger partial charge in [-0.05, 0) is 71.5 Å². The summed E-state index contributed by atoms with van der Waals surface area (Å²) in [5.74, 6) is -0.870. The number of ether oxygens (including phenoxy) is 1. The van der Waals surface area contributed by atoms with Crippen molar-refractivity contribution in [3.05, 3.63) is 57.3 Å². The first kappa shape index (κ1) is 25.5. The molecule has 2 saturated heterocycles. The molecule has 0 spiro atoms. The number of thiophene rings is 1.